The fourth-order valence-electron chi connectivity index (χ4n) is 4.47. The third kappa shape index (κ3) is 4.58. The first-order valence-electron chi connectivity index (χ1n) is 10.8. The van der Waals surface area contributed by atoms with E-state index < -0.39 is 6.09 Å². The largest absolute Gasteiger partial charge is 0.465 e. The molecule has 0 unspecified atom stereocenters. The fourth-order valence-corrected chi connectivity index (χ4v) is 4.47. The van der Waals surface area contributed by atoms with Crippen molar-refractivity contribution in [1.82, 2.24) is 4.98 Å². The summed E-state index contributed by atoms with van der Waals surface area (Å²) in [6.07, 6.45) is 2.59. The number of fused-ring (bicyclic) bond motifs is 1. The van der Waals surface area contributed by atoms with Gasteiger partial charge in [-0.05, 0) is 50.8 Å². The Bertz CT molecular complexity index is 1060. The van der Waals surface area contributed by atoms with E-state index in [1.807, 2.05) is 63.5 Å². The SMILES string of the molecule is Cc1ccc(N(C(=O)O)[C@H]2CC[C@@H](Nc3cc(N(C)C)c4ccccc4n3)CC2)cc1. The van der Waals surface area contributed by atoms with Gasteiger partial charge in [0.1, 0.15) is 5.82 Å². The van der Waals surface area contributed by atoms with Crippen molar-refractivity contribution >= 4 is 34.2 Å². The monoisotopic (exact) mass is 418 g/mol. The molecule has 2 aromatic carbocycles. The summed E-state index contributed by atoms with van der Waals surface area (Å²) in [5.41, 5.74) is 3.99. The first-order chi connectivity index (χ1) is 14.9. The van der Waals surface area contributed by atoms with Crippen LogP contribution in [0.5, 0.6) is 0 Å². The van der Waals surface area contributed by atoms with Crippen LogP contribution in [0.4, 0.5) is 22.0 Å². The summed E-state index contributed by atoms with van der Waals surface area (Å²) in [5.74, 6) is 0.875. The predicted molar refractivity (Wildman–Crippen MR) is 127 cm³/mol. The molecule has 0 saturated heterocycles. The lowest BCUT2D eigenvalue weighted by Crippen LogP contribution is -2.43. The van der Waals surface area contributed by atoms with Gasteiger partial charge in [-0.15, -0.1) is 0 Å². The van der Waals surface area contributed by atoms with Crippen molar-refractivity contribution in [2.45, 2.75) is 44.7 Å². The zero-order valence-corrected chi connectivity index (χ0v) is 18.4. The van der Waals surface area contributed by atoms with Crippen molar-refractivity contribution in [2.75, 3.05) is 29.2 Å². The van der Waals surface area contributed by atoms with Crippen LogP contribution >= 0.6 is 0 Å². The van der Waals surface area contributed by atoms with Crippen LogP contribution < -0.4 is 15.1 Å². The van der Waals surface area contributed by atoms with Crippen molar-refractivity contribution in [3.63, 3.8) is 0 Å². The van der Waals surface area contributed by atoms with Crippen LogP contribution in [0.15, 0.2) is 54.6 Å². The number of anilines is 3. The Hall–Kier alpha value is -3.28. The Balaban J connectivity index is 1.46. The Morgan fingerprint density at radius 2 is 1.71 bits per heavy atom. The molecule has 3 aromatic rings. The molecule has 1 amide bonds. The van der Waals surface area contributed by atoms with Crippen LogP contribution in [-0.4, -0.2) is 42.4 Å². The molecular formula is C25H30N4O2. The summed E-state index contributed by atoms with van der Waals surface area (Å²) in [6, 6.07) is 18.3. The van der Waals surface area contributed by atoms with E-state index in [1.165, 1.54) is 4.90 Å². The lowest BCUT2D eigenvalue weighted by atomic mass is 9.90. The van der Waals surface area contributed by atoms with Crippen molar-refractivity contribution in [3.8, 4) is 0 Å². The van der Waals surface area contributed by atoms with Gasteiger partial charge in [0.15, 0.2) is 0 Å². The topological polar surface area (TPSA) is 68.7 Å². The molecule has 1 aromatic heterocycles. The maximum Gasteiger partial charge on any atom is 0.412 e. The molecule has 1 heterocycles. The van der Waals surface area contributed by atoms with Gasteiger partial charge < -0.3 is 15.3 Å². The second-order valence-electron chi connectivity index (χ2n) is 8.58. The maximum atomic E-state index is 12.0. The highest BCUT2D eigenvalue weighted by atomic mass is 16.4. The van der Waals surface area contributed by atoms with E-state index in [-0.39, 0.29) is 12.1 Å². The summed E-state index contributed by atoms with van der Waals surface area (Å²) in [6.45, 7) is 2.01. The van der Waals surface area contributed by atoms with Gasteiger partial charge >= 0.3 is 6.09 Å². The molecule has 4 rings (SSSR count). The van der Waals surface area contributed by atoms with Gasteiger partial charge in [0, 0.05) is 49.0 Å². The molecule has 6 nitrogen and oxygen atoms in total. The summed E-state index contributed by atoms with van der Waals surface area (Å²) < 4.78 is 0. The van der Waals surface area contributed by atoms with Crippen LogP contribution in [0.1, 0.15) is 31.2 Å². The number of rotatable bonds is 5. The Morgan fingerprint density at radius 1 is 1.03 bits per heavy atom. The van der Waals surface area contributed by atoms with E-state index in [4.69, 9.17) is 4.98 Å². The highest BCUT2D eigenvalue weighted by Gasteiger charge is 2.30. The Kier molecular flexibility index (Phi) is 5.98. The molecule has 2 N–H and O–H groups in total. The van der Waals surface area contributed by atoms with E-state index >= 15 is 0 Å². The minimum atomic E-state index is -0.882. The number of hydrogen-bond acceptors (Lipinski definition) is 4. The van der Waals surface area contributed by atoms with Crippen molar-refractivity contribution < 1.29 is 9.90 Å². The predicted octanol–water partition coefficient (Wildman–Crippen LogP) is 5.52. The quantitative estimate of drug-likeness (QED) is 0.571. The smallest absolute Gasteiger partial charge is 0.412 e. The number of nitrogens with one attached hydrogen (secondary N) is 1. The second kappa shape index (κ2) is 8.84. The molecular weight excluding hydrogens is 388 g/mol. The number of aryl methyl sites for hydroxylation is 1. The van der Waals surface area contributed by atoms with Crippen molar-refractivity contribution in [1.29, 1.82) is 0 Å². The summed E-state index contributed by atoms with van der Waals surface area (Å²) in [7, 11) is 4.09. The van der Waals surface area contributed by atoms with Crippen molar-refractivity contribution in [3.05, 3.63) is 60.2 Å². The number of amides is 1. The van der Waals surface area contributed by atoms with E-state index in [0.717, 1.165) is 59.3 Å². The summed E-state index contributed by atoms with van der Waals surface area (Å²) >= 11 is 0. The maximum absolute atomic E-state index is 12.0. The minimum absolute atomic E-state index is 0.000143. The standard InChI is InChI=1S/C25H30N4O2/c1-17-8-12-19(13-9-17)29(25(30)31)20-14-10-18(11-15-20)26-24-16-23(28(2)3)21-6-4-5-7-22(21)27-24/h4-9,12-13,16,18,20H,10-11,14-15H2,1-3H3,(H,26,27)(H,30,31)/t18-,20+. The molecule has 6 heteroatoms. The van der Waals surface area contributed by atoms with Gasteiger partial charge in [-0.25, -0.2) is 9.78 Å². The molecule has 1 aliphatic carbocycles. The van der Waals surface area contributed by atoms with Crippen LogP contribution in [0, 0.1) is 6.92 Å². The molecule has 1 fully saturated rings. The Labute approximate surface area is 183 Å². The average molecular weight is 419 g/mol. The van der Waals surface area contributed by atoms with Crippen LogP contribution in [0.25, 0.3) is 10.9 Å². The molecule has 0 radical (unpaired) electrons. The fraction of sp³-hybridized carbons (Fsp3) is 0.360. The lowest BCUT2D eigenvalue weighted by Gasteiger charge is -2.36. The van der Waals surface area contributed by atoms with E-state index in [2.05, 4.69) is 22.3 Å². The van der Waals surface area contributed by atoms with E-state index in [9.17, 15) is 9.90 Å². The van der Waals surface area contributed by atoms with E-state index in [1.54, 1.807) is 0 Å². The first kappa shape index (κ1) is 21.0. The summed E-state index contributed by atoms with van der Waals surface area (Å²) in [5, 5.41) is 14.6. The number of benzene rings is 2. The molecule has 0 spiro atoms. The highest BCUT2D eigenvalue weighted by Crippen LogP contribution is 2.31. The molecule has 162 valence electrons. The normalized spacial score (nSPS) is 18.5. The van der Waals surface area contributed by atoms with Gasteiger partial charge in [0.2, 0.25) is 0 Å². The molecule has 1 aliphatic rings. The third-order valence-corrected chi connectivity index (χ3v) is 6.11. The van der Waals surface area contributed by atoms with Crippen LogP contribution in [0.3, 0.4) is 0 Å². The zero-order valence-electron chi connectivity index (χ0n) is 18.4. The number of nitrogens with zero attached hydrogens (tertiary/aromatic N) is 3. The number of carboxylic acid groups (broad SMARTS) is 1. The van der Waals surface area contributed by atoms with Crippen molar-refractivity contribution in [2.24, 2.45) is 0 Å². The number of aromatic nitrogens is 1. The second-order valence-corrected chi connectivity index (χ2v) is 8.58. The van der Waals surface area contributed by atoms with Gasteiger partial charge in [-0.1, -0.05) is 35.9 Å². The third-order valence-electron chi connectivity index (χ3n) is 6.11. The van der Waals surface area contributed by atoms with Gasteiger partial charge in [-0.3, -0.25) is 4.90 Å². The average Bonchev–Trinajstić information content (AvgIpc) is 2.75. The van der Waals surface area contributed by atoms with Gasteiger partial charge in [0.05, 0.1) is 5.52 Å². The lowest BCUT2D eigenvalue weighted by molar-refractivity contribution is 0.196. The number of para-hydroxylation sites is 1. The molecule has 0 bridgehead atoms. The van der Waals surface area contributed by atoms with Gasteiger partial charge in [0.25, 0.3) is 0 Å². The number of carbonyl (C=O) groups is 1. The first-order valence-corrected chi connectivity index (χ1v) is 10.8. The molecule has 0 aliphatic heterocycles. The van der Waals surface area contributed by atoms with Crippen LogP contribution in [0.2, 0.25) is 0 Å². The minimum Gasteiger partial charge on any atom is -0.465 e. The molecule has 0 atom stereocenters. The highest BCUT2D eigenvalue weighted by molar-refractivity contribution is 5.93. The van der Waals surface area contributed by atoms with E-state index in [0.29, 0.717) is 0 Å². The summed E-state index contributed by atoms with van der Waals surface area (Å²) in [4.78, 5) is 20.4. The number of hydrogen-bond donors (Lipinski definition) is 2. The molecule has 1 saturated carbocycles. The zero-order chi connectivity index (χ0) is 22.0. The van der Waals surface area contributed by atoms with Crippen LogP contribution in [-0.2, 0) is 0 Å². The Morgan fingerprint density at radius 3 is 2.35 bits per heavy atom. The number of pyridine rings is 1. The molecule has 31 heavy (non-hydrogen) atoms. The van der Waals surface area contributed by atoms with Gasteiger partial charge in [-0.2, -0.15) is 0 Å².